The number of hydrogen-bond acceptors (Lipinski definition) is 5. The van der Waals surface area contributed by atoms with Crippen LogP contribution >= 0.6 is 24.0 Å². The van der Waals surface area contributed by atoms with E-state index in [-0.39, 0.29) is 34.3 Å². The Kier molecular flexibility index (Phi) is 5.80. The van der Waals surface area contributed by atoms with Gasteiger partial charge in [0.1, 0.15) is 0 Å². The molecule has 1 atom stereocenters. The van der Waals surface area contributed by atoms with Crippen molar-refractivity contribution in [1.82, 2.24) is 4.31 Å². The molecule has 0 amide bonds. The van der Waals surface area contributed by atoms with Gasteiger partial charge in [-0.2, -0.15) is 4.31 Å². The molecule has 1 unspecified atom stereocenters. The normalized spacial score (nSPS) is 22.3. The molecule has 0 aliphatic carbocycles. The number of rotatable bonds is 4. The predicted molar refractivity (Wildman–Crippen MR) is 85.9 cm³/mol. The van der Waals surface area contributed by atoms with Crippen molar-refractivity contribution in [1.29, 1.82) is 0 Å². The van der Waals surface area contributed by atoms with E-state index in [9.17, 15) is 18.5 Å². The van der Waals surface area contributed by atoms with Gasteiger partial charge < -0.3 is 5.73 Å². The first kappa shape index (κ1) is 19.1. The third-order valence-electron chi connectivity index (χ3n) is 3.75. The summed E-state index contributed by atoms with van der Waals surface area (Å²) in [6.45, 7) is 2.82. The van der Waals surface area contributed by atoms with Gasteiger partial charge in [-0.3, -0.25) is 10.1 Å². The Morgan fingerprint density at radius 3 is 2.64 bits per heavy atom. The van der Waals surface area contributed by atoms with Gasteiger partial charge in [-0.15, -0.1) is 12.4 Å². The molecule has 7 nitrogen and oxygen atoms in total. The lowest BCUT2D eigenvalue weighted by Gasteiger charge is -2.22. The molecule has 1 aromatic rings. The first-order valence-electron chi connectivity index (χ1n) is 6.34. The van der Waals surface area contributed by atoms with E-state index in [0.29, 0.717) is 19.5 Å². The highest BCUT2D eigenvalue weighted by Crippen LogP contribution is 2.35. The third kappa shape index (κ3) is 3.52. The predicted octanol–water partition coefficient (Wildman–Crippen LogP) is 2.03. The summed E-state index contributed by atoms with van der Waals surface area (Å²) in [5.41, 5.74) is 4.86. The smallest absolute Gasteiger partial charge is 0.290 e. The van der Waals surface area contributed by atoms with Gasteiger partial charge in [0.05, 0.1) is 4.92 Å². The molecule has 0 aromatic heterocycles. The molecular formula is C12H17Cl2N3O4S. The van der Waals surface area contributed by atoms with Crippen LogP contribution in [0.2, 0.25) is 5.02 Å². The maximum atomic E-state index is 12.6. The minimum Gasteiger partial charge on any atom is -0.330 e. The van der Waals surface area contributed by atoms with Gasteiger partial charge in [-0.05, 0) is 30.5 Å². The molecule has 1 aliphatic rings. The lowest BCUT2D eigenvalue weighted by atomic mass is 9.90. The molecule has 10 heteroatoms. The topological polar surface area (TPSA) is 107 Å². The SMILES string of the molecule is CC1(CN)CCN(S(=O)(=O)c2ccc(Cl)cc2[N+](=O)[O-])C1.Cl. The second kappa shape index (κ2) is 6.67. The minimum atomic E-state index is -3.93. The van der Waals surface area contributed by atoms with Crippen molar-refractivity contribution in [2.75, 3.05) is 19.6 Å². The van der Waals surface area contributed by atoms with Crippen LogP contribution in [0.5, 0.6) is 0 Å². The van der Waals surface area contributed by atoms with Crippen LogP contribution in [0.1, 0.15) is 13.3 Å². The Morgan fingerprint density at radius 1 is 1.50 bits per heavy atom. The van der Waals surface area contributed by atoms with Crippen LogP contribution in [0, 0.1) is 15.5 Å². The zero-order valence-corrected chi connectivity index (χ0v) is 14.2. The average molecular weight is 370 g/mol. The lowest BCUT2D eigenvalue weighted by molar-refractivity contribution is -0.387. The van der Waals surface area contributed by atoms with Crippen LogP contribution in [0.15, 0.2) is 23.1 Å². The Bertz CT molecular complexity index is 683. The van der Waals surface area contributed by atoms with Crippen molar-refractivity contribution in [3.8, 4) is 0 Å². The van der Waals surface area contributed by atoms with Gasteiger partial charge in [0.25, 0.3) is 5.69 Å². The summed E-state index contributed by atoms with van der Waals surface area (Å²) in [4.78, 5) is 9.99. The Hall–Kier alpha value is -0.930. The highest BCUT2D eigenvalue weighted by Gasteiger charge is 2.41. The highest BCUT2D eigenvalue weighted by molar-refractivity contribution is 7.89. The van der Waals surface area contributed by atoms with Crippen LogP contribution in [-0.2, 0) is 10.0 Å². The minimum absolute atomic E-state index is 0. The van der Waals surface area contributed by atoms with Crippen molar-refractivity contribution >= 4 is 39.7 Å². The van der Waals surface area contributed by atoms with Gasteiger partial charge in [-0.25, -0.2) is 8.42 Å². The van der Waals surface area contributed by atoms with Crippen LogP contribution in [-0.4, -0.2) is 37.3 Å². The Morgan fingerprint density at radius 2 is 2.14 bits per heavy atom. The molecule has 1 aliphatic heterocycles. The Labute approximate surface area is 140 Å². The summed E-state index contributed by atoms with van der Waals surface area (Å²) in [7, 11) is -3.93. The zero-order chi connectivity index (χ0) is 15.8. The van der Waals surface area contributed by atoms with E-state index in [0.717, 1.165) is 6.07 Å². The molecule has 0 saturated carbocycles. The summed E-state index contributed by atoms with van der Waals surface area (Å²) in [5.74, 6) is 0. The molecule has 1 fully saturated rings. The van der Waals surface area contributed by atoms with Crippen LogP contribution in [0.4, 0.5) is 5.69 Å². The summed E-state index contributed by atoms with van der Waals surface area (Å²) in [6, 6.07) is 3.56. The fourth-order valence-corrected chi connectivity index (χ4v) is 4.24. The van der Waals surface area contributed by atoms with Crippen molar-refractivity contribution in [3.05, 3.63) is 33.3 Å². The van der Waals surface area contributed by atoms with E-state index in [1.165, 1.54) is 16.4 Å². The lowest BCUT2D eigenvalue weighted by Crippen LogP contribution is -2.34. The summed E-state index contributed by atoms with van der Waals surface area (Å²) in [6.07, 6.45) is 0.629. The fraction of sp³-hybridized carbons (Fsp3) is 0.500. The number of nitrogens with two attached hydrogens (primary N) is 1. The first-order chi connectivity index (χ1) is 9.69. The van der Waals surface area contributed by atoms with E-state index in [1.807, 2.05) is 6.92 Å². The maximum Gasteiger partial charge on any atom is 0.290 e. The molecule has 1 heterocycles. The quantitative estimate of drug-likeness (QED) is 0.645. The molecule has 2 rings (SSSR count). The molecular weight excluding hydrogens is 353 g/mol. The number of halogens is 2. The molecule has 1 saturated heterocycles. The standard InChI is InChI=1S/C12H16ClN3O4S.ClH/c1-12(7-14)4-5-15(8-12)21(19,20)11-3-2-9(13)6-10(11)16(17)18;/h2-3,6H,4-5,7-8,14H2,1H3;1H. The Balaban J connectivity index is 0.00000242. The second-order valence-electron chi connectivity index (χ2n) is 5.47. The molecule has 1 aromatic carbocycles. The van der Waals surface area contributed by atoms with Crippen molar-refractivity contribution < 1.29 is 13.3 Å². The number of sulfonamides is 1. The molecule has 0 radical (unpaired) electrons. The number of benzene rings is 1. The molecule has 124 valence electrons. The monoisotopic (exact) mass is 369 g/mol. The van der Waals surface area contributed by atoms with Crippen LogP contribution < -0.4 is 5.73 Å². The molecule has 0 bridgehead atoms. The van der Waals surface area contributed by atoms with E-state index in [4.69, 9.17) is 17.3 Å². The summed E-state index contributed by atoms with van der Waals surface area (Å²) in [5, 5.41) is 11.2. The average Bonchev–Trinajstić information content (AvgIpc) is 2.82. The van der Waals surface area contributed by atoms with Gasteiger partial charge in [-0.1, -0.05) is 18.5 Å². The largest absolute Gasteiger partial charge is 0.330 e. The number of hydrogen-bond donors (Lipinski definition) is 1. The number of nitro benzene ring substituents is 1. The number of nitro groups is 1. The third-order valence-corrected chi connectivity index (χ3v) is 5.88. The molecule has 0 spiro atoms. The van der Waals surface area contributed by atoms with E-state index in [2.05, 4.69) is 0 Å². The van der Waals surface area contributed by atoms with E-state index >= 15 is 0 Å². The zero-order valence-electron chi connectivity index (χ0n) is 11.9. The fourth-order valence-electron chi connectivity index (χ4n) is 2.34. The highest BCUT2D eigenvalue weighted by atomic mass is 35.5. The molecule has 2 N–H and O–H groups in total. The van der Waals surface area contributed by atoms with Crippen molar-refractivity contribution in [3.63, 3.8) is 0 Å². The van der Waals surface area contributed by atoms with Crippen molar-refractivity contribution in [2.45, 2.75) is 18.2 Å². The summed E-state index contributed by atoms with van der Waals surface area (Å²) >= 11 is 5.71. The summed E-state index contributed by atoms with van der Waals surface area (Å²) < 4.78 is 26.5. The first-order valence-corrected chi connectivity index (χ1v) is 8.16. The van der Waals surface area contributed by atoms with Gasteiger partial charge in [0.2, 0.25) is 10.0 Å². The maximum absolute atomic E-state index is 12.6. The molecule has 22 heavy (non-hydrogen) atoms. The second-order valence-corrected chi connectivity index (χ2v) is 7.82. The van der Waals surface area contributed by atoms with Gasteiger partial charge in [0, 0.05) is 24.2 Å². The van der Waals surface area contributed by atoms with E-state index < -0.39 is 20.6 Å². The van der Waals surface area contributed by atoms with Gasteiger partial charge in [0.15, 0.2) is 4.90 Å². The number of nitrogens with zero attached hydrogens (tertiary/aromatic N) is 2. The van der Waals surface area contributed by atoms with Crippen molar-refractivity contribution in [2.24, 2.45) is 11.1 Å². The van der Waals surface area contributed by atoms with E-state index in [1.54, 1.807) is 0 Å². The van der Waals surface area contributed by atoms with Gasteiger partial charge >= 0.3 is 0 Å². The van der Waals surface area contributed by atoms with Crippen LogP contribution in [0.25, 0.3) is 0 Å². The van der Waals surface area contributed by atoms with Crippen LogP contribution in [0.3, 0.4) is 0 Å².